The van der Waals surface area contributed by atoms with Gasteiger partial charge in [0, 0.05) is 33.9 Å². The summed E-state index contributed by atoms with van der Waals surface area (Å²) >= 11 is 0. The van der Waals surface area contributed by atoms with E-state index in [0.717, 1.165) is 19.3 Å². The van der Waals surface area contributed by atoms with Crippen LogP contribution in [0.5, 0.6) is 0 Å². The first-order valence-corrected chi connectivity index (χ1v) is 20.5. The maximum absolute atomic E-state index is 14.4. The Hall–Kier alpha value is -3.06. The summed E-state index contributed by atoms with van der Waals surface area (Å²) in [6.45, 7) is 20.3. The molecule has 0 bridgehead atoms. The highest BCUT2D eigenvalue weighted by Crippen LogP contribution is 2.30. The van der Waals surface area contributed by atoms with E-state index in [4.69, 9.17) is 9.47 Å². The number of likely N-dealkylation sites (tertiary alicyclic amines) is 1. The van der Waals surface area contributed by atoms with E-state index in [1.165, 1.54) is 0 Å². The van der Waals surface area contributed by atoms with Crippen molar-refractivity contribution in [3.8, 4) is 0 Å². The normalized spacial score (nSPS) is 20.3. The van der Waals surface area contributed by atoms with Crippen LogP contribution in [0.25, 0.3) is 0 Å². The van der Waals surface area contributed by atoms with Crippen molar-refractivity contribution < 1.29 is 33.8 Å². The number of carbonyl (C=O) groups excluding carboxylic acids is 4. The molecule has 314 valence electrons. The molecule has 1 saturated heterocycles. The van der Waals surface area contributed by atoms with Crippen LogP contribution in [0.1, 0.15) is 113 Å². The Morgan fingerprint density at radius 2 is 1.49 bits per heavy atom. The predicted octanol–water partition coefficient (Wildman–Crippen LogP) is 5.04. The molecule has 2 unspecified atom stereocenters. The van der Waals surface area contributed by atoms with E-state index in [-0.39, 0.29) is 59.9 Å². The van der Waals surface area contributed by atoms with Gasteiger partial charge < -0.3 is 35.0 Å². The van der Waals surface area contributed by atoms with Crippen molar-refractivity contribution in [1.29, 1.82) is 0 Å². The molecule has 2 rings (SSSR count). The largest absolute Gasteiger partial charge is 0.386 e. The average molecular weight is 774 g/mol. The highest BCUT2D eigenvalue weighted by molar-refractivity contribution is 5.90. The number of methoxy groups -OCH3 is 2. The SMILES string of the molecule is CCC(C)N(C)C(C(=O)N[C@H](C(=O)N(C)[C@@H]([C@@H](C)CC)[C@@H](CC(=O)N1CCC[C@H]1[C@H](OC)[C@@H](C)C(=O)N[C@H](C)[C@@H](O)c1ccccc1)OC)C(C)C)C(C)C. The summed E-state index contributed by atoms with van der Waals surface area (Å²) in [6.07, 6.45) is 1.03. The van der Waals surface area contributed by atoms with Crippen LogP contribution in [0.15, 0.2) is 30.3 Å². The number of nitrogens with one attached hydrogen (secondary N) is 2. The molecule has 12 nitrogen and oxygen atoms in total. The lowest BCUT2D eigenvalue weighted by Crippen LogP contribution is -2.60. The molecule has 0 saturated carbocycles. The van der Waals surface area contributed by atoms with Gasteiger partial charge in [0.05, 0.1) is 54.8 Å². The van der Waals surface area contributed by atoms with E-state index in [1.807, 2.05) is 65.1 Å². The fourth-order valence-electron chi connectivity index (χ4n) is 8.17. The summed E-state index contributed by atoms with van der Waals surface area (Å²) < 4.78 is 12.0. The average Bonchev–Trinajstić information content (AvgIpc) is 3.65. The molecule has 1 heterocycles. The van der Waals surface area contributed by atoms with Crippen LogP contribution in [0.3, 0.4) is 0 Å². The zero-order valence-electron chi connectivity index (χ0n) is 36.4. The van der Waals surface area contributed by atoms with E-state index in [1.54, 1.807) is 44.9 Å². The van der Waals surface area contributed by atoms with Gasteiger partial charge in [-0.2, -0.15) is 0 Å². The van der Waals surface area contributed by atoms with Crippen LogP contribution in [0, 0.1) is 23.7 Å². The second-order valence-corrected chi connectivity index (χ2v) is 16.6. The lowest BCUT2D eigenvalue weighted by atomic mass is 9.89. The quantitative estimate of drug-likeness (QED) is 0.149. The Morgan fingerprint density at radius 3 is 2.00 bits per heavy atom. The standard InChI is InChI=1S/C43H75N5O7/c1-15-28(7)38(47(12)43(53)36(26(3)4)45-42(52)37(27(5)6)46(11)29(8)16-2)34(54-13)25-35(49)48-24-20-23-33(48)40(55-14)30(9)41(51)44-31(10)39(50)32-21-18-17-19-22-32/h17-19,21-22,26-31,33-34,36-40,50H,15-16,20,23-25H2,1-14H3,(H,44,51)(H,45,52)/t28-,29?,30+,31+,33-,34+,36-,37?,38-,39+,40+/m0/s1. The van der Waals surface area contributed by atoms with Crippen molar-refractivity contribution >= 4 is 23.6 Å². The van der Waals surface area contributed by atoms with E-state index in [9.17, 15) is 24.3 Å². The lowest BCUT2D eigenvalue weighted by molar-refractivity contribution is -0.148. The van der Waals surface area contributed by atoms with Crippen molar-refractivity contribution in [3.05, 3.63) is 35.9 Å². The summed E-state index contributed by atoms with van der Waals surface area (Å²) in [4.78, 5) is 61.5. The van der Waals surface area contributed by atoms with Crippen LogP contribution in [0.2, 0.25) is 0 Å². The van der Waals surface area contributed by atoms with Gasteiger partial charge in [0.1, 0.15) is 6.04 Å². The van der Waals surface area contributed by atoms with E-state index in [2.05, 4.69) is 43.2 Å². The smallest absolute Gasteiger partial charge is 0.245 e. The summed E-state index contributed by atoms with van der Waals surface area (Å²) in [5.41, 5.74) is 0.712. The lowest BCUT2D eigenvalue weighted by Gasteiger charge is -2.41. The third kappa shape index (κ3) is 12.5. The third-order valence-electron chi connectivity index (χ3n) is 12.1. The molecule has 0 radical (unpaired) electrons. The topological polar surface area (TPSA) is 141 Å². The summed E-state index contributed by atoms with van der Waals surface area (Å²) in [5, 5.41) is 16.9. The van der Waals surface area contributed by atoms with Crippen molar-refractivity contribution in [3.63, 3.8) is 0 Å². The van der Waals surface area contributed by atoms with Crippen molar-refractivity contribution in [2.75, 3.05) is 34.9 Å². The molecule has 12 heteroatoms. The molecule has 1 aliphatic rings. The van der Waals surface area contributed by atoms with E-state index < -0.39 is 48.4 Å². The second kappa shape index (κ2) is 22.6. The highest BCUT2D eigenvalue weighted by Gasteiger charge is 2.43. The third-order valence-corrected chi connectivity index (χ3v) is 12.1. The van der Waals surface area contributed by atoms with Crippen LogP contribution in [-0.4, -0.2) is 127 Å². The minimum absolute atomic E-state index is 0.0202. The Labute approximate surface area is 332 Å². The molecule has 3 N–H and O–H groups in total. The fraction of sp³-hybridized carbons (Fsp3) is 0.767. The molecule has 4 amide bonds. The molecule has 0 spiro atoms. The van der Waals surface area contributed by atoms with E-state index >= 15 is 0 Å². The van der Waals surface area contributed by atoms with Crippen LogP contribution < -0.4 is 10.6 Å². The number of hydrogen-bond acceptors (Lipinski definition) is 8. The number of nitrogens with zero attached hydrogens (tertiary/aromatic N) is 3. The summed E-state index contributed by atoms with van der Waals surface area (Å²) in [7, 11) is 6.84. The van der Waals surface area contributed by atoms with Crippen LogP contribution >= 0.6 is 0 Å². The van der Waals surface area contributed by atoms with Crippen LogP contribution in [-0.2, 0) is 28.7 Å². The second-order valence-electron chi connectivity index (χ2n) is 16.6. The van der Waals surface area contributed by atoms with E-state index in [0.29, 0.717) is 18.5 Å². The molecule has 1 aromatic rings. The van der Waals surface area contributed by atoms with Crippen LogP contribution in [0.4, 0.5) is 0 Å². The van der Waals surface area contributed by atoms with Gasteiger partial charge in [-0.3, -0.25) is 24.1 Å². The summed E-state index contributed by atoms with van der Waals surface area (Å²) in [5.74, 6) is -1.56. The number of benzene rings is 1. The number of amides is 4. The molecule has 1 aliphatic heterocycles. The number of hydrogen-bond donors (Lipinski definition) is 3. The van der Waals surface area contributed by atoms with Crippen molar-refractivity contribution in [1.82, 2.24) is 25.3 Å². The minimum Gasteiger partial charge on any atom is -0.386 e. The van der Waals surface area contributed by atoms with Gasteiger partial charge in [-0.1, -0.05) is 92.1 Å². The minimum atomic E-state index is -0.877. The van der Waals surface area contributed by atoms with Gasteiger partial charge in [0.15, 0.2) is 0 Å². The highest BCUT2D eigenvalue weighted by atomic mass is 16.5. The molecule has 1 aromatic carbocycles. The molecule has 55 heavy (non-hydrogen) atoms. The summed E-state index contributed by atoms with van der Waals surface area (Å²) in [6, 6.07) is 6.91. The molecule has 0 aliphatic carbocycles. The van der Waals surface area contributed by atoms with Crippen molar-refractivity contribution in [2.24, 2.45) is 23.7 Å². The number of ether oxygens (including phenoxy) is 2. The molecule has 0 aromatic heterocycles. The molecule has 11 atom stereocenters. The van der Waals surface area contributed by atoms with Crippen molar-refractivity contribution in [2.45, 2.75) is 156 Å². The first-order chi connectivity index (χ1) is 25.9. The number of aliphatic hydroxyl groups excluding tert-OH is 1. The number of carbonyl (C=O) groups is 4. The molecular formula is C43H75N5O7. The maximum Gasteiger partial charge on any atom is 0.245 e. The Kier molecular flexibility index (Phi) is 19.8. The number of likely N-dealkylation sites (N-methyl/N-ethyl adjacent to an activating group) is 2. The predicted molar refractivity (Wildman–Crippen MR) is 218 cm³/mol. The fourth-order valence-corrected chi connectivity index (χ4v) is 8.17. The Balaban J connectivity index is 2.27. The zero-order valence-corrected chi connectivity index (χ0v) is 36.4. The first kappa shape index (κ1) is 48.1. The van der Waals surface area contributed by atoms with Gasteiger partial charge in [0.2, 0.25) is 23.6 Å². The maximum atomic E-state index is 14.4. The Morgan fingerprint density at radius 1 is 0.873 bits per heavy atom. The monoisotopic (exact) mass is 774 g/mol. The molecule has 1 fully saturated rings. The first-order valence-electron chi connectivity index (χ1n) is 20.5. The Bertz CT molecular complexity index is 1350. The van der Waals surface area contributed by atoms with Gasteiger partial charge in [-0.05, 0) is 63.5 Å². The number of aliphatic hydroxyl groups is 1. The van der Waals surface area contributed by atoms with Gasteiger partial charge >= 0.3 is 0 Å². The molecular weight excluding hydrogens is 699 g/mol. The van der Waals surface area contributed by atoms with Gasteiger partial charge in [-0.15, -0.1) is 0 Å². The van der Waals surface area contributed by atoms with Gasteiger partial charge in [-0.25, -0.2) is 0 Å². The number of rotatable bonds is 22. The van der Waals surface area contributed by atoms with Gasteiger partial charge in [0.25, 0.3) is 0 Å². The zero-order chi connectivity index (χ0) is 41.7.